The molecule has 5 aromatic rings. The van der Waals surface area contributed by atoms with Crippen molar-refractivity contribution in [1.29, 1.82) is 0 Å². The number of hydrogen-bond donors (Lipinski definition) is 1. The molecule has 0 amide bonds. The van der Waals surface area contributed by atoms with Gasteiger partial charge in [0.25, 0.3) is 0 Å². The number of thiophene rings is 1. The Kier molecular flexibility index (Phi) is 3.43. The summed E-state index contributed by atoms with van der Waals surface area (Å²) in [6.45, 7) is 0. The lowest BCUT2D eigenvalue weighted by atomic mass is 10.0. The minimum absolute atomic E-state index is 0.0596. The Labute approximate surface area is 153 Å². The van der Waals surface area contributed by atoms with E-state index in [1.807, 2.05) is 36.4 Å². The van der Waals surface area contributed by atoms with Crippen LogP contribution in [-0.2, 0) is 0 Å². The molecule has 26 heavy (non-hydrogen) atoms. The molecule has 5 rings (SSSR count). The molecule has 0 saturated heterocycles. The van der Waals surface area contributed by atoms with E-state index in [1.165, 1.54) is 0 Å². The highest BCUT2D eigenvalue weighted by Crippen LogP contribution is 2.33. The molecule has 4 heteroatoms. The second-order valence-corrected chi connectivity index (χ2v) is 7.22. The molecule has 3 aromatic heterocycles. The number of nitrogens with zero attached hydrogens (tertiary/aromatic N) is 1. The summed E-state index contributed by atoms with van der Waals surface area (Å²) in [5, 5.41) is 0.773. The van der Waals surface area contributed by atoms with Crippen LogP contribution >= 0.6 is 11.3 Å². The van der Waals surface area contributed by atoms with E-state index in [2.05, 4.69) is 40.3 Å². The summed E-state index contributed by atoms with van der Waals surface area (Å²) in [6.07, 6.45) is 1.80. The van der Waals surface area contributed by atoms with Gasteiger partial charge in [-0.1, -0.05) is 30.3 Å². The molecule has 124 valence electrons. The predicted octanol–water partition coefficient (Wildman–Crippen LogP) is 5.47. The lowest BCUT2D eigenvalue weighted by molar-refractivity contribution is 1.32. The molecule has 2 aromatic carbocycles. The maximum atomic E-state index is 12.3. The molecule has 1 N–H and O–H groups in total. The summed E-state index contributed by atoms with van der Waals surface area (Å²) in [5.41, 5.74) is 5.03. The van der Waals surface area contributed by atoms with Gasteiger partial charge < -0.3 is 4.98 Å². The standard InChI is InChI=1S/C22H14N2OS/c25-18-8-4-9-19-21(18)22-20(26-19)11-10-17(24-22)15-6-3-5-14(13-15)16-7-1-2-12-23-16/h1-13,24H. The second-order valence-electron chi connectivity index (χ2n) is 6.14. The summed E-state index contributed by atoms with van der Waals surface area (Å²) in [5.74, 6) is 0. The van der Waals surface area contributed by atoms with Gasteiger partial charge in [0.2, 0.25) is 0 Å². The minimum Gasteiger partial charge on any atom is -0.353 e. The van der Waals surface area contributed by atoms with Crippen molar-refractivity contribution < 1.29 is 0 Å². The zero-order valence-electron chi connectivity index (χ0n) is 13.8. The van der Waals surface area contributed by atoms with Crippen molar-refractivity contribution in [1.82, 2.24) is 9.97 Å². The number of fused-ring (bicyclic) bond motifs is 3. The Bertz CT molecular complexity index is 1300. The Morgan fingerprint density at radius 2 is 1.69 bits per heavy atom. The maximum absolute atomic E-state index is 12.3. The van der Waals surface area contributed by atoms with E-state index >= 15 is 0 Å². The molecule has 0 aliphatic rings. The van der Waals surface area contributed by atoms with Gasteiger partial charge in [0.05, 0.1) is 21.3 Å². The maximum Gasteiger partial charge on any atom is 0.189 e. The summed E-state index contributed by atoms with van der Waals surface area (Å²) < 4.78 is 2.11. The second kappa shape index (κ2) is 5.93. The molecule has 0 saturated carbocycles. The quantitative estimate of drug-likeness (QED) is 0.457. The van der Waals surface area contributed by atoms with Crippen LogP contribution in [0.3, 0.4) is 0 Å². The van der Waals surface area contributed by atoms with Crippen molar-refractivity contribution in [2.75, 3.05) is 0 Å². The Balaban J connectivity index is 1.70. The van der Waals surface area contributed by atoms with E-state index in [0.717, 1.165) is 42.8 Å². The fraction of sp³-hybridized carbons (Fsp3) is 0. The average molecular weight is 354 g/mol. The molecule has 3 nitrogen and oxygen atoms in total. The normalized spacial score (nSPS) is 11.2. The summed E-state index contributed by atoms with van der Waals surface area (Å²) in [7, 11) is 0. The number of pyridine rings is 2. The highest BCUT2D eigenvalue weighted by atomic mass is 32.1. The van der Waals surface area contributed by atoms with Crippen molar-refractivity contribution in [2.24, 2.45) is 0 Å². The lowest BCUT2D eigenvalue weighted by Crippen LogP contribution is -1.96. The van der Waals surface area contributed by atoms with Crippen LogP contribution in [0.4, 0.5) is 0 Å². The largest absolute Gasteiger partial charge is 0.353 e. The van der Waals surface area contributed by atoms with Crippen molar-refractivity contribution in [3.05, 3.63) is 89.2 Å². The van der Waals surface area contributed by atoms with E-state index < -0.39 is 0 Å². The predicted molar refractivity (Wildman–Crippen MR) is 109 cm³/mol. The Hall–Kier alpha value is -3.24. The highest BCUT2D eigenvalue weighted by Gasteiger charge is 2.10. The first-order chi connectivity index (χ1) is 12.8. The molecule has 0 atom stereocenters. The summed E-state index contributed by atoms with van der Waals surface area (Å²) in [4.78, 5) is 20.2. The van der Waals surface area contributed by atoms with Gasteiger partial charge in [0, 0.05) is 22.2 Å². The van der Waals surface area contributed by atoms with Crippen LogP contribution in [0.5, 0.6) is 0 Å². The van der Waals surface area contributed by atoms with Crippen molar-refractivity contribution >= 4 is 31.6 Å². The number of hydrogen-bond acceptors (Lipinski definition) is 3. The van der Waals surface area contributed by atoms with Gasteiger partial charge in [-0.05, 0) is 48.0 Å². The number of aromatic nitrogens is 2. The lowest BCUT2D eigenvalue weighted by Gasteiger charge is -2.06. The summed E-state index contributed by atoms with van der Waals surface area (Å²) >= 11 is 1.64. The van der Waals surface area contributed by atoms with Crippen molar-refractivity contribution in [3.63, 3.8) is 0 Å². The fourth-order valence-electron chi connectivity index (χ4n) is 3.26. The average Bonchev–Trinajstić information content (AvgIpc) is 3.08. The van der Waals surface area contributed by atoms with Gasteiger partial charge in [-0.15, -0.1) is 11.3 Å². The highest BCUT2D eigenvalue weighted by molar-refractivity contribution is 7.25. The van der Waals surface area contributed by atoms with Gasteiger partial charge in [-0.2, -0.15) is 0 Å². The number of benzene rings is 2. The molecule has 0 unspecified atom stereocenters. The zero-order valence-corrected chi connectivity index (χ0v) is 14.6. The minimum atomic E-state index is 0.0596. The third-order valence-corrected chi connectivity index (χ3v) is 5.62. The molecule has 0 bridgehead atoms. The van der Waals surface area contributed by atoms with Gasteiger partial charge in [0.1, 0.15) is 0 Å². The smallest absolute Gasteiger partial charge is 0.189 e. The summed E-state index contributed by atoms with van der Waals surface area (Å²) in [6, 6.07) is 23.8. The monoisotopic (exact) mass is 354 g/mol. The van der Waals surface area contributed by atoms with Gasteiger partial charge >= 0.3 is 0 Å². The molecule has 0 spiro atoms. The first-order valence-electron chi connectivity index (χ1n) is 8.36. The Morgan fingerprint density at radius 1 is 0.808 bits per heavy atom. The van der Waals surface area contributed by atoms with E-state index in [-0.39, 0.29) is 5.43 Å². The van der Waals surface area contributed by atoms with Crippen LogP contribution < -0.4 is 5.43 Å². The molecule has 0 aliphatic carbocycles. The Morgan fingerprint density at radius 3 is 2.58 bits per heavy atom. The van der Waals surface area contributed by atoms with Crippen LogP contribution in [0.15, 0.2) is 83.8 Å². The third-order valence-electron chi connectivity index (χ3n) is 4.50. The number of rotatable bonds is 2. The molecular weight excluding hydrogens is 340 g/mol. The SMILES string of the molecule is O=c1cccc2sc3ccc(-c4cccc(-c5ccccn5)c4)[nH]c3c12. The van der Waals surface area contributed by atoms with Gasteiger partial charge in [0.15, 0.2) is 5.43 Å². The van der Waals surface area contributed by atoms with Crippen LogP contribution in [0.25, 0.3) is 42.8 Å². The van der Waals surface area contributed by atoms with E-state index in [4.69, 9.17) is 0 Å². The van der Waals surface area contributed by atoms with E-state index in [1.54, 1.807) is 23.6 Å². The zero-order chi connectivity index (χ0) is 17.5. The number of nitrogens with one attached hydrogen (secondary N) is 1. The number of aromatic amines is 1. The van der Waals surface area contributed by atoms with Crippen LogP contribution in [-0.4, -0.2) is 9.97 Å². The molecule has 0 aliphatic heterocycles. The van der Waals surface area contributed by atoms with Crippen molar-refractivity contribution in [2.45, 2.75) is 0 Å². The first kappa shape index (κ1) is 15.0. The fourth-order valence-corrected chi connectivity index (χ4v) is 4.34. The topological polar surface area (TPSA) is 45.8 Å². The molecule has 0 radical (unpaired) electrons. The van der Waals surface area contributed by atoms with Gasteiger partial charge in [-0.25, -0.2) is 0 Å². The molecular formula is C22H14N2OS. The van der Waals surface area contributed by atoms with Crippen molar-refractivity contribution in [3.8, 4) is 22.5 Å². The van der Waals surface area contributed by atoms with Crippen LogP contribution in [0.1, 0.15) is 0 Å². The third kappa shape index (κ3) is 2.43. The van der Waals surface area contributed by atoms with Gasteiger partial charge in [-0.3, -0.25) is 9.78 Å². The van der Waals surface area contributed by atoms with Crippen LogP contribution in [0, 0.1) is 0 Å². The number of H-pyrrole nitrogens is 1. The van der Waals surface area contributed by atoms with E-state index in [9.17, 15) is 4.79 Å². The van der Waals surface area contributed by atoms with E-state index in [0.29, 0.717) is 0 Å². The van der Waals surface area contributed by atoms with Crippen LogP contribution in [0.2, 0.25) is 0 Å². The molecule has 3 heterocycles. The first-order valence-corrected chi connectivity index (χ1v) is 9.18. The molecule has 0 fully saturated rings.